The molecule has 3 heterocycles. The first-order valence-corrected chi connectivity index (χ1v) is 11.1. The third-order valence-electron chi connectivity index (χ3n) is 5.46. The van der Waals surface area contributed by atoms with E-state index in [1.165, 1.54) is 12.8 Å². The minimum Gasteiger partial charge on any atom is -0.379 e. The number of nitrogens with zero attached hydrogens (tertiary/aromatic N) is 2. The van der Waals surface area contributed by atoms with Gasteiger partial charge in [0.1, 0.15) is 5.82 Å². The van der Waals surface area contributed by atoms with E-state index in [9.17, 15) is 0 Å². The SMILES string of the molecule is c1c(NCCCO[C@@H]2CCOC2)nc(NCCCO[C@H]2CCOC2)nc1C1CC1. The van der Waals surface area contributed by atoms with Gasteiger partial charge in [0.25, 0.3) is 0 Å². The van der Waals surface area contributed by atoms with Crippen LogP contribution in [-0.4, -0.2) is 74.9 Å². The lowest BCUT2D eigenvalue weighted by Crippen LogP contribution is -2.16. The summed E-state index contributed by atoms with van der Waals surface area (Å²) in [5, 5.41) is 6.79. The molecule has 8 heteroatoms. The standard InChI is InChI=1S/C21H34N4O4/c1(9-28-17-5-11-26-14-17)7-22-20-13-19(16-3-4-16)24-21(25-20)23-8-2-10-29-18-6-12-27-15-18/h13,16-18H,1-12,14-15H2,(H2,22,23,24,25)/t17-,18+/m1/s1. The van der Waals surface area contributed by atoms with Crippen LogP contribution >= 0.6 is 0 Å². The number of hydrogen-bond donors (Lipinski definition) is 2. The van der Waals surface area contributed by atoms with Crippen LogP contribution in [-0.2, 0) is 18.9 Å². The summed E-state index contributed by atoms with van der Waals surface area (Å²) in [6.45, 7) is 6.24. The topological polar surface area (TPSA) is 86.8 Å². The Hall–Kier alpha value is -1.48. The van der Waals surface area contributed by atoms with Gasteiger partial charge in [0.05, 0.1) is 31.1 Å². The molecule has 0 unspecified atom stereocenters. The average molecular weight is 407 g/mol. The van der Waals surface area contributed by atoms with Crippen LogP contribution in [0.2, 0.25) is 0 Å². The minimum absolute atomic E-state index is 0.269. The van der Waals surface area contributed by atoms with Crippen LogP contribution in [0.5, 0.6) is 0 Å². The Morgan fingerprint density at radius 2 is 1.52 bits per heavy atom. The zero-order valence-electron chi connectivity index (χ0n) is 17.2. The number of hydrogen-bond acceptors (Lipinski definition) is 8. The lowest BCUT2D eigenvalue weighted by Gasteiger charge is -2.13. The zero-order chi connectivity index (χ0) is 19.7. The van der Waals surface area contributed by atoms with Gasteiger partial charge in [-0.2, -0.15) is 4.98 Å². The summed E-state index contributed by atoms with van der Waals surface area (Å²) in [7, 11) is 0. The van der Waals surface area contributed by atoms with E-state index in [0.29, 0.717) is 11.9 Å². The van der Waals surface area contributed by atoms with E-state index < -0.39 is 0 Å². The molecule has 29 heavy (non-hydrogen) atoms. The van der Waals surface area contributed by atoms with Crippen LogP contribution in [0.15, 0.2) is 6.07 Å². The number of rotatable bonds is 13. The molecule has 1 aliphatic carbocycles. The summed E-state index contributed by atoms with van der Waals surface area (Å²) in [4.78, 5) is 9.34. The van der Waals surface area contributed by atoms with Gasteiger partial charge in [-0.25, -0.2) is 4.98 Å². The maximum Gasteiger partial charge on any atom is 0.224 e. The molecular weight excluding hydrogens is 372 g/mol. The predicted octanol–water partition coefficient (Wildman–Crippen LogP) is 2.57. The highest BCUT2D eigenvalue weighted by molar-refractivity contribution is 5.44. The van der Waals surface area contributed by atoms with Crippen LogP contribution in [0.1, 0.15) is 50.1 Å². The first-order valence-electron chi connectivity index (χ1n) is 11.1. The van der Waals surface area contributed by atoms with E-state index in [-0.39, 0.29) is 12.2 Å². The molecule has 2 aliphatic heterocycles. The molecule has 2 atom stereocenters. The summed E-state index contributed by atoms with van der Waals surface area (Å²) < 4.78 is 22.3. The highest BCUT2D eigenvalue weighted by Crippen LogP contribution is 2.39. The van der Waals surface area contributed by atoms with E-state index in [4.69, 9.17) is 23.9 Å². The Balaban J connectivity index is 1.17. The number of anilines is 2. The van der Waals surface area contributed by atoms with Crippen molar-refractivity contribution in [3.63, 3.8) is 0 Å². The summed E-state index contributed by atoms with van der Waals surface area (Å²) in [6.07, 6.45) is 6.90. The molecular formula is C21H34N4O4. The van der Waals surface area contributed by atoms with Crippen molar-refractivity contribution in [1.29, 1.82) is 0 Å². The fourth-order valence-corrected chi connectivity index (χ4v) is 3.57. The number of ether oxygens (including phenoxy) is 4. The molecule has 0 radical (unpaired) electrons. The molecule has 0 spiro atoms. The van der Waals surface area contributed by atoms with Gasteiger partial charge in [-0.1, -0.05) is 0 Å². The maximum absolute atomic E-state index is 5.82. The second-order valence-electron chi connectivity index (χ2n) is 8.05. The van der Waals surface area contributed by atoms with Crippen molar-refractivity contribution in [2.75, 3.05) is 63.4 Å². The molecule has 3 aliphatic rings. The fraction of sp³-hybridized carbons (Fsp3) is 0.810. The third kappa shape index (κ3) is 7.06. The fourth-order valence-electron chi connectivity index (χ4n) is 3.57. The van der Waals surface area contributed by atoms with E-state index in [1.807, 2.05) is 0 Å². The molecule has 4 rings (SSSR count). The third-order valence-corrected chi connectivity index (χ3v) is 5.46. The van der Waals surface area contributed by atoms with Crippen LogP contribution in [0.25, 0.3) is 0 Å². The Bertz CT molecular complexity index is 572. The Morgan fingerprint density at radius 3 is 2.10 bits per heavy atom. The van der Waals surface area contributed by atoms with E-state index in [0.717, 1.165) is 89.9 Å². The molecule has 0 aromatic carbocycles. The minimum atomic E-state index is 0.269. The second-order valence-corrected chi connectivity index (χ2v) is 8.05. The summed E-state index contributed by atoms with van der Waals surface area (Å²) in [6, 6.07) is 2.09. The Morgan fingerprint density at radius 1 is 0.862 bits per heavy atom. The maximum atomic E-state index is 5.82. The molecule has 8 nitrogen and oxygen atoms in total. The van der Waals surface area contributed by atoms with Gasteiger partial charge < -0.3 is 29.6 Å². The second kappa shape index (κ2) is 11.1. The summed E-state index contributed by atoms with van der Waals surface area (Å²) >= 11 is 0. The van der Waals surface area contributed by atoms with Crippen LogP contribution in [0.4, 0.5) is 11.8 Å². The zero-order valence-corrected chi connectivity index (χ0v) is 17.2. The Labute approximate surface area is 173 Å². The van der Waals surface area contributed by atoms with Gasteiger partial charge in [0, 0.05) is 51.5 Å². The van der Waals surface area contributed by atoms with Crippen LogP contribution in [0, 0.1) is 0 Å². The van der Waals surface area contributed by atoms with Crippen molar-refractivity contribution in [1.82, 2.24) is 9.97 Å². The van der Waals surface area contributed by atoms with E-state index in [1.54, 1.807) is 0 Å². The molecule has 162 valence electrons. The van der Waals surface area contributed by atoms with Crippen molar-refractivity contribution in [3.8, 4) is 0 Å². The van der Waals surface area contributed by atoms with Crippen molar-refractivity contribution >= 4 is 11.8 Å². The first-order chi connectivity index (χ1) is 14.4. The van der Waals surface area contributed by atoms with Gasteiger partial charge in [0.15, 0.2) is 0 Å². The first kappa shape index (κ1) is 20.8. The van der Waals surface area contributed by atoms with Crippen LogP contribution < -0.4 is 10.6 Å². The lowest BCUT2D eigenvalue weighted by atomic mass is 10.2. The molecule has 1 aromatic rings. The highest BCUT2D eigenvalue weighted by Gasteiger charge is 2.26. The van der Waals surface area contributed by atoms with Crippen molar-refractivity contribution < 1.29 is 18.9 Å². The highest BCUT2D eigenvalue weighted by atomic mass is 16.5. The largest absolute Gasteiger partial charge is 0.379 e. The molecule has 1 saturated carbocycles. The average Bonchev–Trinajstić information content (AvgIpc) is 3.21. The van der Waals surface area contributed by atoms with Crippen molar-refractivity contribution in [2.24, 2.45) is 0 Å². The Kier molecular flexibility index (Phi) is 7.92. The van der Waals surface area contributed by atoms with Crippen molar-refractivity contribution in [3.05, 3.63) is 11.8 Å². The number of nitrogens with one attached hydrogen (secondary N) is 2. The molecule has 3 fully saturated rings. The van der Waals surface area contributed by atoms with E-state index >= 15 is 0 Å². The van der Waals surface area contributed by atoms with Gasteiger partial charge in [0.2, 0.25) is 5.95 Å². The molecule has 2 saturated heterocycles. The molecule has 0 bridgehead atoms. The summed E-state index contributed by atoms with van der Waals surface area (Å²) in [5.74, 6) is 2.20. The van der Waals surface area contributed by atoms with Gasteiger partial charge in [-0.3, -0.25) is 0 Å². The van der Waals surface area contributed by atoms with Gasteiger partial charge >= 0.3 is 0 Å². The molecule has 1 aromatic heterocycles. The molecule has 0 amide bonds. The number of aromatic nitrogens is 2. The van der Waals surface area contributed by atoms with Crippen LogP contribution in [0.3, 0.4) is 0 Å². The summed E-state index contributed by atoms with van der Waals surface area (Å²) in [5.41, 5.74) is 1.14. The normalized spacial score (nSPS) is 24.1. The van der Waals surface area contributed by atoms with Gasteiger partial charge in [-0.05, 0) is 38.5 Å². The predicted molar refractivity (Wildman–Crippen MR) is 111 cm³/mol. The van der Waals surface area contributed by atoms with Gasteiger partial charge in [-0.15, -0.1) is 0 Å². The monoisotopic (exact) mass is 406 g/mol. The molecule has 2 N–H and O–H groups in total. The van der Waals surface area contributed by atoms with E-state index in [2.05, 4.69) is 21.7 Å². The quantitative estimate of drug-likeness (QED) is 0.484. The lowest BCUT2D eigenvalue weighted by molar-refractivity contribution is 0.0427. The van der Waals surface area contributed by atoms with Crippen molar-refractivity contribution in [2.45, 2.75) is 56.7 Å². The smallest absolute Gasteiger partial charge is 0.224 e.